The van der Waals surface area contributed by atoms with Crippen molar-refractivity contribution in [2.75, 3.05) is 4.90 Å². The molecule has 0 atom stereocenters. The summed E-state index contributed by atoms with van der Waals surface area (Å²) in [5.41, 5.74) is 6.39. The molecule has 3 rings (SSSR count). The van der Waals surface area contributed by atoms with Gasteiger partial charge in [0.2, 0.25) is 5.82 Å². The van der Waals surface area contributed by atoms with Crippen molar-refractivity contribution in [2.24, 2.45) is 5.73 Å². The van der Waals surface area contributed by atoms with E-state index in [4.69, 9.17) is 11.1 Å². The van der Waals surface area contributed by atoms with Crippen LogP contribution in [0.15, 0.2) is 42.5 Å². The van der Waals surface area contributed by atoms with E-state index in [0.29, 0.717) is 27.0 Å². The molecule has 0 unspecified atom stereocenters. The van der Waals surface area contributed by atoms with Gasteiger partial charge in [0.15, 0.2) is 0 Å². The molecule has 1 amide bonds. The minimum atomic E-state index is -0.655. The maximum absolute atomic E-state index is 13.3. The summed E-state index contributed by atoms with van der Waals surface area (Å²) in [6, 6.07) is 10.2. The molecule has 0 aliphatic carbocycles. The number of amidine groups is 1. The summed E-state index contributed by atoms with van der Waals surface area (Å²) in [7, 11) is 0. The number of nitrogens with zero attached hydrogens (tertiary/aromatic N) is 3. The number of halogens is 1. The van der Waals surface area contributed by atoms with Gasteiger partial charge in [-0.05, 0) is 63.2 Å². The summed E-state index contributed by atoms with van der Waals surface area (Å²) < 4.78 is 14.0. The Morgan fingerprint density at radius 1 is 1.22 bits per heavy atom. The van der Waals surface area contributed by atoms with Crippen molar-refractivity contribution in [3.8, 4) is 0 Å². The maximum Gasteiger partial charge on any atom is 0.298 e. The first-order valence-corrected chi connectivity index (χ1v) is 8.26. The van der Waals surface area contributed by atoms with E-state index >= 15 is 0 Å². The van der Waals surface area contributed by atoms with Crippen molar-refractivity contribution in [3.63, 3.8) is 0 Å². The molecular weight excluding hydrogens is 349 g/mol. The Morgan fingerprint density at radius 2 is 1.85 bits per heavy atom. The SMILES string of the molecule is CC(C)(C)N(C(=O)c1nc2cc(C(=N)N)ccc2n1O)c1ccc(F)cc1. The number of benzene rings is 2. The van der Waals surface area contributed by atoms with Crippen LogP contribution in [0.3, 0.4) is 0 Å². The highest BCUT2D eigenvalue weighted by Gasteiger charge is 2.32. The highest BCUT2D eigenvalue weighted by molar-refractivity contribution is 6.07. The quantitative estimate of drug-likeness (QED) is 0.374. The molecule has 3 aromatic rings. The fraction of sp³-hybridized carbons (Fsp3) is 0.211. The number of carbonyl (C=O) groups is 1. The Labute approximate surface area is 155 Å². The fourth-order valence-corrected chi connectivity index (χ4v) is 2.87. The zero-order chi connectivity index (χ0) is 19.9. The van der Waals surface area contributed by atoms with E-state index in [0.717, 1.165) is 0 Å². The minimum absolute atomic E-state index is 0.139. The minimum Gasteiger partial charge on any atom is -0.426 e. The number of anilines is 1. The van der Waals surface area contributed by atoms with Gasteiger partial charge in [0.1, 0.15) is 17.2 Å². The van der Waals surface area contributed by atoms with Crippen molar-refractivity contribution in [3.05, 3.63) is 59.7 Å². The zero-order valence-electron chi connectivity index (χ0n) is 15.2. The van der Waals surface area contributed by atoms with E-state index < -0.39 is 17.3 Å². The van der Waals surface area contributed by atoms with Crippen molar-refractivity contribution in [1.29, 1.82) is 5.41 Å². The molecule has 140 valence electrons. The van der Waals surface area contributed by atoms with Gasteiger partial charge in [-0.2, -0.15) is 4.73 Å². The third kappa shape index (κ3) is 3.33. The smallest absolute Gasteiger partial charge is 0.298 e. The van der Waals surface area contributed by atoms with Gasteiger partial charge in [-0.25, -0.2) is 9.37 Å². The number of carbonyl (C=O) groups excluding carboxylic acids is 1. The Balaban J connectivity index is 2.12. The lowest BCUT2D eigenvalue weighted by molar-refractivity contribution is 0.0913. The molecule has 4 N–H and O–H groups in total. The lowest BCUT2D eigenvalue weighted by atomic mass is 10.0. The molecule has 1 aromatic heterocycles. The van der Waals surface area contributed by atoms with Crippen LogP contribution >= 0.6 is 0 Å². The molecule has 0 aliphatic rings. The number of fused-ring (bicyclic) bond motifs is 1. The second kappa shape index (κ2) is 6.39. The van der Waals surface area contributed by atoms with E-state index in [2.05, 4.69) is 4.98 Å². The summed E-state index contributed by atoms with van der Waals surface area (Å²) in [5, 5.41) is 18.0. The van der Waals surface area contributed by atoms with Crippen LogP contribution in [-0.2, 0) is 0 Å². The Bertz CT molecular complexity index is 1030. The maximum atomic E-state index is 13.3. The van der Waals surface area contributed by atoms with Crippen LogP contribution in [0.1, 0.15) is 37.0 Å². The topological polar surface area (TPSA) is 108 Å². The normalized spacial score (nSPS) is 11.6. The molecule has 0 aliphatic heterocycles. The molecule has 27 heavy (non-hydrogen) atoms. The van der Waals surface area contributed by atoms with Crippen molar-refractivity contribution in [2.45, 2.75) is 26.3 Å². The first-order valence-electron chi connectivity index (χ1n) is 8.26. The van der Waals surface area contributed by atoms with Crippen molar-refractivity contribution >= 4 is 28.5 Å². The lowest BCUT2D eigenvalue weighted by Crippen LogP contribution is -2.46. The second-order valence-corrected chi connectivity index (χ2v) is 7.15. The molecule has 0 spiro atoms. The second-order valence-electron chi connectivity index (χ2n) is 7.15. The number of rotatable bonds is 3. The standard InChI is InChI=1S/C19H20FN5O2/c1-19(2,3)24(13-7-5-12(20)6-8-13)18(26)17-23-14-10-11(16(21)22)4-9-15(14)25(17)27/h4-10,27H,1-3H3,(H3,21,22). The van der Waals surface area contributed by atoms with Gasteiger partial charge < -0.3 is 15.8 Å². The Kier molecular flexibility index (Phi) is 4.35. The van der Waals surface area contributed by atoms with Crippen LogP contribution in [0, 0.1) is 11.2 Å². The zero-order valence-corrected chi connectivity index (χ0v) is 15.2. The fourth-order valence-electron chi connectivity index (χ4n) is 2.87. The molecule has 2 aromatic carbocycles. The number of nitrogens with two attached hydrogens (primary N) is 1. The molecule has 0 fully saturated rings. The van der Waals surface area contributed by atoms with Crippen LogP contribution in [0.5, 0.6) is 0 Å². The van der Waals surface area contributed by atoms with Crippen LogP contribution in [-0.4, -0.2) is 32.2 Å². The third-order valence-electron chi connectivity index (χ3n) is 4.09. The molecular formula is C19H20FN5O2. The monoisotopic (exact) mass is 369 g/mol. The number of imidazole rings is 1. The molecule has 0 saturated heterocycles. The van der Waals surface area contributed by atoms with E-state index in [-0.39, 0.29) is 11.7 Å². The van der Waals surface area contributed by atoms with Gasteiger partial charge >= 0.3 is 0 Å². The number of amides is 1. The molecule has 0 saturated carbocycles. The van der Waals surface area contributed by atoms with Crippen LogP contribution in [0.4, 0.5) is 10.1 Å². The summed E-state index contributed by atoms with van der Waals surface area (Å²) in [4.78, 5) is 18.9. The van der Waals surface area contributed by atoms with E-state index in [1.807, 2.05) is 20.8 Å². The van der Waals surface area contributed by atoms with Crippen LogP contribution in [0.25, 0.3) is 11.0 Å². The van der Waals surface area contributed by atoms with Crippen molar-refractivity contribution in [1.82, 2.24) is 9.71 Å². The van der Waals surface area contributed by atoms with Crippen LogP contribution < -0.4 is 10.6 Å². The lowest BCUT2D eigenvalue weighted by Gasteiger charge is -2.35. The van der Waals surface area contributed by atoms with E-state index in [1.54, 1.807) is 6.07 Å². The number of hydrogen-bond donors (Lipinski definition) is 3. The molecule has 1 heterocycles. The van der Waals surface area contributed by atoms with Gasteiger partial charge in [-0.3, -0.25) is 10.2 Å². The first-order chi connectivity index (χ1) is 12.6. The van der Waals surface area contributed by atoms with Gasteiger partial charge in [0.25, 0.3) is 5.91 Å². The average molecular weight is 369 g/mol. The number of hydrogen-bond acceptors (Lipinski definition) is 4. The van der Waals surface area contributed by atoms with E-state index in [1.165, 1.54) is 41.3 Å². The van der Waals surface area contributed by atoms with Gasteiger partial charge in [-0.15, -0.1) is 0 Å². The summed E-state index contributed by atoms with van der Waals surface area (Å²) >= 11 is 0. The Morgan fingerprint density at radius 3 is 2.41 bits per heavy atom. The van der Waals surface area contributed by atoms with E-state index in [9.17, 15) is 14.4 Å². The molecule has 0 radical (unpaired) electrons. The molecule has 0 bridgehead atoms. The summed E-state index contributed by atoms with van der Waals surface area (Å²) in [5.74, 6) is -1.28. The van der Waals surface area contributed by atoms with Crippen LogP contribution in [0.2, 0.25) is 0 Å². The number of aromatic nitrogens is 2. The number of nitrogen functional groups attached to an aromatic ring is 1. The molecule has 7 nitrogen and oxygen atoms in total. The average Bonchev–Trinajstić information content (AvgIpc) is 2.92. The van der Waals surface area contributed by atoms with Gasteiger partial charge in [-0.1, -0.05) is 0 Å². The largest absolute Gasteiger partial charge is 0.426 e. The third-order valence-corrected chi connectivity index (χ3v) is 4.09. The Hall–Kier alpha value is -3.42. The van der Waals surface area contributed by atoms with Gasteiger partial charge in [0, 0.05) is 16.8 Å². The molecule has 8 heteroatoms. The first kappa shape index (κ1) is 18.4. The predicted octanol–water partition coefficient (Wildman–Crippen LogP) is 3.14. The summed E-state index contributed by atoms with van der Waals surface area (Å²) in [6.07, 6.45) is 0. The highest BCUT2D eigenvalue weighted by Crippen LogP contribution is 2.27. The van der Waals surface area contributed by atoms with Gasteiger partial charge in [0.05, 0.1) is 5.52 Å². The summed E-state index contributed by atoms with van der Waals surface area (Å²) in [6.45, 7) is 5.48. The van der Waals surface area contributed by atoms with Crippen molar-refractivity contribution < 1.29 is 14.4 Å². The number of nitrogens with one attached hydrogen (secondary N) is 1. The highest BCUT2D eigenvalue weighted by atomic mass is 19.1. The predicted molar refractivity (Wildman–Crippen MR) is 101 cm³/mol.